The smallest absolute Gasteiger partial charge is 0.241 e. The van der Waals surface area contributed by atoms with Gasteiger partial charge in [0.05, 0.1) is 25.7 Å². The zero-order chi connectivity index (χ0) is 17.3. The van der Waals surface area contributed by atoms with Crippen molar-refractivity contribution in [1.29, 1.82) is 0 Å². The van der Waals surface area contributed by atoms with Crippen molar-refractivity contribution in [3.05, 3.63) is 18.2 Å². The van der Waals surface area contributed by atoms with Crippen molar-refractivity contribution in [2.75, 3.05) is 41.0 Å². The summed E-state index contributed by atoms with van der Waals surface area (Å²) in [5.74, 6) is 0.298. The minimum Gasteiger partial charge on any atom is -0.493 e. The van der Waals surface area contributed by atoms with Crippen molar-refractivity contribution in [3.8, 4) is 11.5 Å². The summed E-state index contributed by atoms with van der Waals surface area (Å²) in [4.78, 5) is 11.6. The first-order chi connectivity index (χ1) is 10.9. The Morgan fingerprint density at radius 2 is 1.83 bits per heavy atom. The molecular formula is C14H22N2O6S. The van der Waals surface area contributed by atoms with Crippen LogP contribution in [0.15, 0.2) is 23.1 Å². The molecule has 0 saturated carbocycles. The summed E-state index contributed by atoms with van der Waals surface area (Å²) in [6.07, 6.45) is 0.657. The van der Waals surface area contributed by atoms with Crippen molar-refractivity contribution in [2.45, 2.75) is 11.3 Å². The number of hydrogen-bond donors (Lipinski definition) is 2. The highest BCUT2D eigenvalue weighted by molar-refractivity contribution is 7.89. The van der Waals surface area contributed by atoms with Gasteiger partial charge in [-0.25, -0.2) is 13.1 Å². The summed E-state index contributed by atoms with van der Waals surface area (Å²) >= 11 is 0. The topological polar surface area (TPSA) is 103 Å². The molecule has 23 heavy (non-hydrogen) atoms. The monoisotopic (exact) mass is 346 g/mol. The number of carbonyl (C=O) groups is 1. The van der Waals surface area contributed by atoms with Gasteiger partial charge in [0.2, 0.25) is 15.9 Å². The van der Waals surface area contributed by atoms with E-state index in [0.717, 1.165) is 0 Å². The Bertz CT molecular complexity index is 618. The third-order valence-electron chi connectivity index (χ3n) is 2.94. The Kier molecular flexibility index (Phi) is 7.79. The number of methoxy groups -OCH3 is 3. The van der Waals surface area contributed by atoms with E-state index in [1.807, 2.05) is 0 Å². The van der Waals surface area contributed by atoms with Crippen molar-refractivity contribution in [3.63, 3.8) is 0 Å². The summed E-state index contributed by atoms with van der Waals surface area (Å²) < 4.78 is 41.6. The van der Waals surface area contributed by atoms with Crippen LogP contribution in [-0.2, 0) is 19.6 Å². The van der Waals surface area contributed by atoms with Crippen LogP contribution in [-0.4, -0.2) is 55.4 Å². The highest BCUT2D eigenvalue weighted by Crippen LogP contribution is 2.29. The third-order valence-corrected chi connectivity index (χ3v) is 4.33. The van der Waals surface area contributed by atoms with E-state index in [1.165, 1.54) is 32.4 Å². The molecule has 0 aromatic heterocycles. The van der Waals surface area contributed by atoms with Gasteiger partial charge in [-0.05, 0) is 18.6 Å². The second-order valence-corrected chi connectivity index (χ2v) is 6.30. The summed E-state index contributed by atoms with van der Waals surface area (Å²) in [7, 11) is 0.618. The largest absolute Gasteiger partial charge is 0.493 e. The lowest BCUT2D eigenvalue weighted by Gasteiger charge is -2.11. The quantitative estimate of drug-likeness (QED) is 0.584. The number of ether oxygens (including phenoxy) is 3. The van der Waals surface area contributed by atoms with Crippen LogP contribution >= 0.6 is 0 Å². The standard InChI is InChI=1S/C14H22N2O6S/c1-20-8-4-7-15-14(17)10-16-23(18,19)11-5-6-12(21-2)13(9-11)22-3/h5-6,9,16H,4,7-8,10H2,1-3H3,(H,15,17). The molecule has 0 saturated heterocycles. The molecule has 0 aliphatic carbocycles. The van der Waals surface area contributed by atoms with Crippen LogP contribution in [0.4, 0.5) is 0 Å². The van der Waals surface area contributed by atoms with Gasteiger partial charge >= 0.3 is 0 Å². The van der Waals surface area contributed by atoms with Crippen LogP contribution in [0.2, 0.25) is 0 Å². The molecule has 0 bridgehead atoms. The van der Waals surface area contributed by atoms with Gasteiger partial charge in [0.25, 0.3) is 0 Å². The molecule has 0 heterocycles. The molecule has 1 aromatic rings. The molecule has 2 N–H and O–H groups in total. The Morgan fingerprint density at radius 1 is 1.13 bits per heavy atom. The summed E-state index contributed by atoms with van der Waals surface area (Å²) in [6, 6.07) is 4.19. The first-order valence-corrected chi connectivity index (χ1v) is 8.40. The lowest BCUT2D eigenvalue weighted by molar-refractivity contribution is -0.120. The highest BCUT2D eigenvalue weighted by atomic mass is 32.2. The van der Waals surface area contributed by atoms with E-state index in [4.69, 9.17) is 14.2 Å². The van der Waals surface area contributed by atoms with Gasteiger partial charge in [0, 0.05) is 26.3 Å². The molecule has 1 aromatic carbocycles. The fraction of sp³-hybridized carbons (Fsp3) is 0.500. The van der Waals surface area contributed by atoms with Crippen LogP contribution in [0, 0.1) is 0 Å². The Morgan fingerprint density at radius 3 is 2.43 bits per heavy atom. The van der Waals surface area contributed by atoms with Crippen molar-refractivity contribution in [2.24, 2.45) is 0 Å². The third kappa shape index (κ3) is 6.05. The van der Waals surface area contributed by atoms with Crippen molar-refractivity contribution < 1.29 is 27.4 Å². The average Bonchev–Trinajstić information content (AvgIpc) is 2.56. The number of sulfonamides is 1. The normalized spacial score (nSPS) is 11.1. The van der Waals surface area contributed by atoms with Crippen LogP contribution in [0.1, 0.15) is 6.42 Å². The maximum Gasteiger partial charge on any atom is 0.241 e. The van der Waals surface area contributed by atoms with E-state index in [0.29, 0.717) is 31.1 Å². The number of amides is 1. The van der Waals surface area contributed by atoms with Gasteiger partial charge in [-0.2, -0.15) is 0 Å². The fourth-order valence-electron chi connectivity index (χ4n) is 1.73. The average molecular weight is 346 g/mol. The van der Waals surface area contributed by atoms with Gasteiger partial charge in [-0.3, -0.25) is 4.79 Å². The lowest BCUT2D eigenvalue weighted by Crippen LogP contribution is -2.37. The fourth-order valence-corrected chi connectivity index (χ4v) is 2.73. The molecule has 0 radical (unpaired) electrons. The molecule has 1 amide bonds. The summed E-state index contributed by atoms with van der Waals surface area (Å²) in [6.45, 7) is 0.603. The van der Waals surface area contributed by atoms with E-state index in [1.54, 1.807) is 7.11 Å². The zero-order valence-corrected chi connectivity index (χ0v) is 14.2. The first kappa shape index (κ1) is 19.2. The second kappa shape index (κ2) is 9.33. The Labute approximate surface area is 136 Å². The molecule has 0 unspecified atom stereocenters. The van der Waals surface area contributed by atoms with E-state index >= 15 is 0 Å². The van der Waals surface area contributed by atoms with Gasteiger partial charge in [0.15, 0.2) is 11.5 Å². The number of hydrogen-bond acceptors (Lipinski definition) is 6. The van der Waals surface area contributed by atoms with Gasteiger partial charge < -0.3 is 19.5 Å². The van der Waals surface area contributed by atoms with Crippen LogP contribution in [0.5, 0.6) is 11.5 Å². The number of rotatable bonds is 10. The van der Waals surface area contributed by atoms with Crippen LogP contribution in [0.3, 0.4) is 0 Å². The zero-order valence-electron chi connectivity index (χ0n) is 13.4. The predicted molar refractivity (Wildman–Crippen MR) is 84.2 cm³/mol. The second-order valence-electron chi connectivity index (χ2n) is 4.54. The van der Waals surface area contributed by atoms with E-state index < -0.39 is 15.9 Å². The van der Waals surface area contributed by atoms with Crippen molar-refractivity contribution >= 4 is 15.9 Å². The van der Waals surface area contributed by atoms with Gasteiger partial charge in [-0.15, -0.1) is 0 Å². The van der Waals surface area contributed by atoms with E-state index in [-0.39, 0.29) is 11.4 Å². The molecule has 0 spiro atoms. The predicted octanol–water partition coefficient (Wildman–Crippen LogP) is 0.135. The summed E-state index contributed by atoms with van der Waals surface area (Å²) in [5, 5.41) is 2.59. The van der Waals surface area contributed by atoms with Crippen LogP contribution < -0.4 is 19.5 Å². The molecule has 1 rings (SSSR count). The molecule has 0 fully saturated rings. The van der Waals surface area contributed by atoms with Gasteiger partial charge in [-0.1, -0.05) is 0 Å². The first-order valence-electron chi connectivity index (χ1n) is 6.92. The minimum absolute atomic E-state index is 0.0117. The molecule has 0 atom stereocenters. The molecule has 9 heteroatoms. The summed E-state index contributed by atoms with van der Waals surface area (Å²) in [5.41, 5.74) is 0. The molecule has 130 valence electrons. The van der Waals surface area contributed by atoms with E-state index in [2.05, 4.69) is 10.0 Å². The highest BCUT2D eigenvalue weighted by Gasteiger charge is 2.18. The number of nitrogens with one attached hydrogen (secondary N) is 2. The maximum absolute atomic E-state index is 12.2. The van der Waals surface area contributed by atoms with Crippen LogP contribution in [0.25, 0.3) is 0 Å². The maximum atomic E-state index is 12.2. The minimum atomic E-state index is -3.82. The molecule has 8 nitrogen and oxygen atoms in total. The molecule has 0 aliphatic heterocycles. The number of carbonyl (C=O) groups excluding carboxylic acids is 1. The van der Waals surface area contributed by atoms with E-state index in [9.17, 15) is 13.2 Å². The Hall–Kier alpha value is -1.84. The van der Waals surface area contributed by atoms with Gasteiger partial charge in [0.1, 0.15) is 0 Å². The Balaban J connectivity index is 2.64. The molecular weight excluding hydrogens is 324 g/mol. The van der Waals surface area contributed by atoms with Crippen molar-refractivity contribution in [1.82, 2.24) is 10.0 Å². The number of benzene rings is 1. The molecule has 0 aliphatic rings. The SMILES string of the molecule is COCCCNC(=O)CNS(=O)(=O)c1ccc(OC)c(OC)c1. The lowest BCUT2D eigenvalue weighted by atomic mass is 10.3.